The van der Waals surface area contributed by atoms with Gasteiger partial charge in [-0.25, -0.2) is 0 Å². The van der Waals surface area contributed by atoms with Gasteiger partial charge in [-0.15, -0.1) is 0 Å². The number of carbonyl (C=O) groups is 2. The highest BCUT2D eigenvalue weighted by Crippen LogP contribution is 2.28. The molecule has 2 rings (SSSR count). The Balaban J connectivity index is 1.89. The lowest BCUT2D eigenvalue weighted by atomic mass is 10.2. The summed E-state index contributed by atoms with van der Waals surface area (Å²) in [5.41, 5.74) is 1.34. The van der Waals surface area contributed by atoms with E-state index in [1.807, 2.05) is 45.0 Å². The molecule has 1 fully saturated rings. The summed E-state index contributed by atoms with van der Waals surface area (Å²) in [6.07, 6.45) is 2.58. The van der Waals surface area contributed by atoms with Crippen molar-refractivity contribution in [2.75, 3.05) is 23.3 Å². The fraction of sp³-hybridized carbons (Fsp3) is 0.556. The second kappa shape index (κ2) is 7.49. The molecule has 1 saturated heterocycles. The minimum Gasteiger partial charge on any atom is -0.460 e. The van der Waals surface area contributed by atoms with E-state index in [-0.39, 0.29) is 24.7 Å². The Morgan fingerprint density at radius 1 is 1.13 bits per heavy atom. The van der Waals surface area contributed by atoms with Crippen LogP contribution in [0.25, 0.3) is 0 Å². The number of benzene rings is 1. The van der Waals surface area contributed by atoms with Gasteiger partial charge in [-0.05, 0) is 45.7 Å². The quantitative estimate of drug-likeness (QED) is 0.846. The number of ether oxygens (including phenoxy) is 1. The highest BCUT2D eigenvalue weighted by Gasteiger charge is 2.19. The van der Waals surface area contributed by atoms with Crippen molar-refractivity contribution in [2.24, 2.45) is 0 Å². The molecule has 1 aromatic rings. The van der Waals surface area contributed by atoms with Crippen LogP contribution in [0.1, 0.15) is 46.5 Å². The third-order valence-corrected chi connectivity index (χ3v) is 3.60. The maximum atomic E-state index is 12.1. The zero-order chi connectivity index (χ0) is 16.9. The predicted octanol–water partition coefficient (Wildman–Crippen LogP) is 3.35. The molecule has 0 spiro atoms. The van der Waals surface area contributed by atoms with Crippen molar-refractivity contribution >= 4 is 23.3 Å². The maximum absolute atomic E-state index is 12.1. The molecule has 0 saturated carbocycles. The van der Waals surface area contributed by atoms with Gasteiger partial charge in [0.05, 0.1) is 17.8 Å². The van der Waals surface area contributed by atoms with Crippen molar-refractivity contribution in [3.8, 4) is 0 Å². The fourth-order valence-electron chi connectivity index (χ4n) is 2.63. The summed E-state index contributed by atoms with van der Waals surface area (Å²) < 4.78 is 5.22. The molecular formula is C18H26N2O3. The maximum Gasteiger partial charge on any atom is 0.306 e. The summed E-state index contributed by atoms with van der Waals surface area (Å²) >= 11 is 0. The van der Waals surface area contributed by atoms with E-state index in [0.717, 1.165) is 24.5 Å². The first-order valence-corrected chi connectivity index (χ1v) is 8.21. The number of amides is 1. The van der Waals surface area contributed by atoms with Crippen LogP contribution in [-0.2, 0) is 14.3 Å². The third-order valence-electron chi connectivity index (χ3n) is 3.60. The van der Waals surface area contributed by atoms with Gasteiger partial charge in [0, 0.05) is 19.5 Å². The van der Waals surface area contributed by atoms with Gasteiger partial charge in [0.15, 0.2) is 0 Å². The lowest BCUT2D eigenvalue weighted by Crippen LogP contribution is -2.25. The highest BCUT2D eigenvalue weighted by molar-refractivity contribution is 5.95. The molecule has 1 aliphatic heterocycles. The summed E-state index contributed by atoms with van der Waals surface area (Å²) in [5, 5.41) is 2.92. The summed E-state index contributed by atoms with van der Waals surface area (Å²) in [6, 6.07) is 7.81. The monoisotopic (exact) mass is 318 g/mol. The molecule has 0 aromatic heterocycles. The summed E-state index contributed by atoms with van der Waals surface area (Å²) in [5.74, 6) is -0.511. The SMILES string of the molecule is CC(C)(C)OC(=O)CCC(=O)Nc1ccccc1N1CCCC1. The molecule has 126 valence electrons. The summed E-state index contributed by atoms with van der Waals surface area (Å²) in [6.45, 7) is 7.49. The zero-order valence-electron chi connectivity index (χ0n) is 14.2. The number of carbonyl (C=O) groups excluding carboxylic acids is 2. The van der Waals surface area contributed by atoms with E-state index in [9.17, 15) is 9.59 Å². The van der Waals surface area contributed by atoms with Crippen LogP contribution >= 0.6 is 0 Å². The number of esters is 1. The molecule has 1 heterocycles. The standard InChI is InChI=1S/C18H26N2O3/c1-18(2,3)23-17(22)11-10-16(21)19-14-8-4-5-9-15(14)20-12-6-7-13-20/h4-5,8-9H,6-7,10-13H2,1-3H3,(H,19,21). The smallest absolute Gasteiger partial charge is 0.306 e. The summed E-state index contributed by atoms with van der Waals surface area (Å²) in [4.78, 5) is 26.1. The van der Waals surface area contributed by atoms with Crippen molar-refractivity contribution in [3.05, 3.63) is 24.3 Å². The van der Waals surface area contributed by atoms with Crippen molar-refractivity contribution in [2.45, 2.75) is 52.1 Å². The Labute approximate surface area is 138 Å². The largest absolute Gasteiger partial charge is 0.460 e. The van der Waals surface area contributed by atoms with Crippen LogP contribution in [0.4, 0.5) is 11.4 Å². The molecule has 0 aliphatic carbocycles. The number of para-hydroxylation sites is 2. The lowest BCUT2D eigenvalue weighted by molar-refractivity contribution is -0.155. The summed E-state index contributed by atoms with van der Waals surface area (Å²) in [7, 11) is 0. The average Bonchev–Trinajstić information content (AvgIpc) is 2.98. The van der Waals surface area contributed by atoms with Gasteiger partial charge < -0.3 is 15.0 Å². The molecule has 1 amide bonds. The minimum absolute atomic E-state index is 0.0922. The molecule has 0 radical (unpaired) electrons. The van der Waals surface area contributed by atoms with Gasteiger partial charge >= 0.3 is 5.97 Å². The van der Waals surface area contributed by atoms with Crippen LogP contribution in [0.15, 0.2) is 24.3 Å². The van der Waals surface area contributed by atoms with Crippen LogP contribution in [0, 0.1) is 0 Å². The van der Waals surface area contributed by atoms with Crippen LogP contribution in [0.2, 0.25) is 0 Å². The molecule has 23 heavy (non-hydrogen) atoms. The predicted molar refractivity (Wildman–Crippen MR) is 91.6 cm³/mol. The van der Waals surface area contributed by atoms with Gasteiger partial charge in [0.2, 0.25) is 5.91 Å². The van der Waals surface area contributed by atoms with Crippen molar-refractivity contribution in [1.82, 2.24) is 0 Å². The van der Waals surface area contributed by atoms with Gasteiger partial charge in [-0.1, -0.05) is 12.1 Å². The third kappa shape index (κ3) is 5.58. The number of anilines is 2. The van der Waals surface area contributed by atoms with Crippen molar-refractivity contribution in [3.63, 3.8) is 0 Å². The Kier molecular flexibility index (Phi) is 5.64. The number of hydrogen-bond acceptors (Lipinski definition) is 4. The molecule has 0 bridgehead atoms. The number of rotatable bonds is 5. The molecule has 0 atom stereocenters. The average molecular weight is 318 g/mol. The van der Waals surface area contributed by atoms with Gasteiger partial charge in [-0.2, -0.15) is 0 Å². The first-order valence-electron chi connectivity index (χ1n) is 8.21. The molecule has 5 nitrogen and oxygen atoms in total. The van der Waals surface area contributed by atoms with Crippen LogP contribution in [0.3, 0.4) is 0 Å². The Bertz CT molecular complexity index is 558. The van der Waals surface area contributed by atoms with Crippen LogP contribution in [0.5, 0.6) is 0 Å². The van der Waals surface area contributed by atoms with E-state index in [1.165, 1.54) is 12.8 Å². The fourth-order valence-corrected chi connectivity index (χ4v) is 2.63. The lowest BCUT2D eigenvalue weighted by Gasteiger charge is -2.21. The van der Waals surface area contributed by atoms with Crippen LogP contribution < -0.4 is 10.2 Å². The van der Waals surface area contributed by atoms with E-state index in [0.29, 0.717) is 0 Å². The molecule has 1 aromatic carbocycles. The highest BCUT2D eigenvalue weighted by atomic mass is 16.6. The Hall–Kier alpha value is -2.04. The van der Waals surface area contributed by atoms with Gasteiger partial charge in [0.1, 0.15) is 5.60 Å². The Morgan fingerprint density at radius 2 is 1.78 bits per heavy atom. The van der Waals surface area contributed by atoms with E-state index in [2.05, 4.69) is 10.2 Å². The number of hydrogen-bond donors (Lipinski definition) is 1. The number of nitrogens with one attached hydrogen (secondary N) is 1. The van der Waals surface area contributed by atoms with Gasteiger partial charge in [-0.3, -0.25) is 9.59 Å². The van der Waals surface area contributed by atoms with E-state index in [1.54, 1.807) is 0 Å². The normalized spacial score (nSPS) is 14.7. The Morgan fingerprint density at radius 3 is 2.43 bits per heavy atom. The van der Waals surface area contributed by atoms with E-state index >= 15 is 0 Å². The first-order chi connectivity index (χ1) is 10.8. The molecule has 0 unspecified atom stereocenters. The van der Waals surface area contributed by atoms with E-state index in [4.69, 9.17) is 4.74 Å². The molecule has 1 aliphatic rings. The van der Waals surface area contributed by atoms with Crippen molar-refractivity contribution < 1.29 is 14.3 Å². The second-order valence-electron chi connectivity index (χ2n) is 6.85. The topological polar surface area (TPSA) is 58.6 Å². The van der Waals surface area contributed by atoms with Gasteiger partial charge in [0.25, 0.3) is 0 Å². The molecule has 5 heteroatoms. The number of nitrogens with zero attached hydrogens (tertiary/aromatic N) is 1. The second-order valence-corrected chi connectivity index (χ2v) is 6.85. The van der Waals surface area contributed by atoms with E-state index < -0.39 is 5.60 Å². The van der Waals surface area contributed by atoms with Crippen molar-refractivity contribution in [1.29, 1.82) is 0 Å². The zero-order valence-corrected chi connectivity index (χ0v) is 14.2. The minimum atomic E-state index is -0.518. The molecular weight excluding hydrogens is 292 g/mol. The van der Waals surface area contributed by atoms with Crippen LogP contribution in [-0.4, -0.2) is 30.6 Å². The first kappa shape index (κ1) is 17.3. The molecule has 1 N–H and O–H groups in total.